The Morgan fingerprint density at radius 3 is 2.59 bits per heavy atom. The molecule has 2 aromatic carbocycles. The number of fused-ring (bicyclic) bond motifs is 2. The van der Waals surface area contributed by atoms with Crippen molar-refractivity contribution in [3.63, 3.8) is 0 Å². The normalized spacial score (nSPS) is 15.7. The first kappa shape index (κ1) is 24.5. The molecule has 0 bridgehead atoms. The van der Waals surface area contributed by atoms with Gasteiger partial charge in [0.25, 0.3) is 0 Å². The first-order valence-corrected chi connectivity index (χ1v) is 11.2. The van der Waals surface area contributed by atoms with E-state index in [9.17, 15) is 22.7 Å². The van der Waals surface area contributed by atoms with E-state index in [0.717, 1.165) is 5.69 Å². The molecule has 0 unspecified atom stereocenters. The maximum atomic E-state index is 14.2. The predicted octanol–water partition coefficient (Wildman–Crippen LogP) is 6.34. The number of nitrogens with one attached hydrogen (secondary N) is 1. The lowest BCUT2D eigenvalue weighted by Gasteiger charge is -2.38. The van der Waals surface area contributed by atoms with E-state index in [1.54, 1.807) is 31.2 Å². The third-order valence-electron chi connectivity index (χ3n) is 6.26. The number of hydrogen-bond donors (Lipinski definition) is 2. The number of aryl methyl sites for hydroxylation is 1. The van der Waals surface area contributed by atoms with Gasteiger partial charge in [0.15, 0.2) is 5.60 Å². The summed E-state index contributed by atoms with van der Waals surface area (Å²) >= 11 is 6.29. The van der Waals surface area contributed by atoms with Crippen molar-refractivity contribution in [1.29, 1.82) is 0 Å². The minimum absolute atomic E-state index is 0.207. The van der Waals surface area contributed by atoms with Crippen LogP contribution in [0.5, 0.6) is 5.75 Å². The summed E-state index contributed by atoms with van der Waals surface area (Å²) in [5.74, 6) is -0.159. The third-order valence-corrected chi connectivity index (χ3v) is 6.57. The molecule has 0 saturated heterocycles. The molecule has 34 heavy (non-hydrogen) atoms. The van der Waals surface area contributed by atoms with Crippen LogP contribution in [0.15, 0.2) is 36.4 Å². The van der Waals surface area contributed by atoms with Gasteiger partial charge in [0.1, 0.15) is 11.6 Å². The molecule has 4 rings (SSSR count). The largest absolute Gasteiger partial charge is 0.493 e. The van der Waals surface area contributed by atoms with E-state index >= 15 is 0 Å². The Bertz CT molecular complexity index is 1250. The molecule has 0 fully saturated rings. The number of pyridine rings is 1. The van der Waals surface area contributed by atoms with Crippen LogP contribution in [0.1, 0.15) is 37.1 Å². The molecule has 0 spiro atoms. The zero-order valence-electron chi connectivity index (χ0n) is 19.0. The number of halogens is 5. The molecule has 9 heteroatoms. The predicted molar refractivity (Wildman–Crippen MR) is 124 cm³/mol. The quantitative estimate of drug-likeness (QED) is 0.391. The van der Waals surface area contributed by atoms with Crippen LogP contribution in [0.3, 0.4) is 0 Å². The van der Waals surface area contributed by atoms with Crippen molar-refractivity contribution >= 4 is 28.2 Å². The van der Waals surface area contributed by atoms with E-state index < -0.39 is 36.0 Å². The number of ether oxygens (including phenoxy) is 1. The van der Waals surface area contributed by atoms with Crippen LogP contribution in [0.25, 0.3) is 10.9 Å². The third kappa shape index (κ3) is 4.53. The lowest BCUT2D eigenvalue weighted by Crippen LogP contribution is -2.53. The Kier molecular flexibility index (Phi) is 6.19. The van der Waals surface area contributed by atoms with Crippen LogP contribution in [0, 0.1) is 12.7 Å². The fourth-order valence-corrected chi connectivity index (χ4v) is 4.79. The molecule has 182 valence electrons. The van der Waals surface area contributed by atoms with Gasteiger partial charge in [0.05, 0.1) is 29.4 Å². The lowest BCUT2D eigenvalue weighted by molar-refractivity contribution is -0.260. The molecule has 0 saturated carbocycles. The van der Waals surface area contributed by atoms with Crippen molar-refractivity contribution in [3.05, 3.63) is 64.1 Å². The summed E-state index contributed by atoms with van der Waals surface area (Å²) in [6.45, 7) is 4.36. The Balaban J connectivity index is 1.68. The van der Waals surface area contributed by atoms with Crippen molar-refractivity contribution in [2.45, 2.75) is 50.8 Å². The monoisotopic (exact) mass is 496 g/mol. The van der Waals surface area contributed by atoms with Crippen molar-refractivity contribution in [2.24, 2.45) is 0 Å². The molecular weight excluding hydrogens is 472 g/mol. The van der Waals surface area contributed by atoms with Gasteiger partial charge >= 0.3 is 6.18 Å². The molecule has 0 amide bonds. The van der Waals surface area contributed by atoms with E-state index in [4.69, 9.17) is 16.3 Å². The number of aliphatic hydroxyl groups is 1. The maximum Gasteiger partial charge on any atom is 0.418 e. The minimum Gasteiger partial charge on any atom is -0.493 e. The van der Waals surface area contributed by atoms with Crippen LogP contribution in [-0.4, -0.2) is 35.0 Å². The number of anilines is 1. The molecule has 1 atom stereocenters. The fraction of sp³-hybridized carbons (Fsp3) is 0.400. The average molecular weight is 497 g/mol. The second-order valence-electron chi connectivity index (χ2n) is 9.43. The van der Waals surface area contributed by atoms with Crippen molar-refractivity contribution in [3.8, 4) is 5.75 Å². The number of aromatic nitrogens is 1. The second kappa shape index (κ2) is 8.57. The van der Waals surface area contributed by atoms with Gasteiger partial charge in [0.2, 0.25) is 0 Å². The van der Waals surface area contributed by atoms with E-state index in [1.807, 2.05) is 0 Å². The van der Waals surface area contributed by atoms with E-state index in [-0.39, 0.29) is 10.7 Å². The minimum atomic E-state index is -4.97. The van der Waals surface area contributed by atoms with Gasteiger partial charge in [-0.3, -0.25) is 4.98 Å². The van der Waals surface area contributed by atoms with Crippen LogP contribution in [-0.2, 0) is 11.8 Å². The summed E-state index contributed by atoms with van der Waals surface area (Å²) < 4.78 is 62.5. The van der Waals surface area contributed by atoms with Gasteiger partial charge in [-0.15, -0.1) is 0 Å². The highest BCUT2D eigenvalue weighted by Gasteiger charge is 2.56. The number of alkyl halides is 3. The standard InChI is InChI=1S/C25H25ClF4N2O2/c1-14-4-5-17-20(32-14)7-6-19(26)21(17)31-13-24(33,25(28,29)30)12-23(2,3)18-11-16(27)10-15-8-9-34-22(15)18/h4-7,10-11,31,33H,8-9,12-13H2,1-3H3/t24-/m1/s1. The Morgan fingerprint density at radius 2 is 1.88 bits per heavy atom. The second-order valence-corrected chi connectivity index (χ2v) is 9.83. The summed E-state index contributed by atoms with van der Waals surface area (Å²) in [7, 11) is 0. The summed E-state index contributed by atoms with van der Waals surface area (Å²) in [5, 5.41) is 14.4. The smallest absolute Gasteiger partial charge is 0.418 e. The number of rotatable bonds is 6. The highest BCUT2D eigenvalue weighted by atomic mass is 35.5. The van der Waals surface area contributed by atoms with Crippen molar-refractivity contribution in [1.82, 2.24) is 4.98 Å². The molecule has 1 aliphatic rings. The molecule has 4 nitrogen and oxygen atoms in total. The van der Waals surface area contributed by atoms with Crippen LogP contribution in [0.4, 0.5) is 23.2 Å². The topological polar surface area (TPSA) is 54.4 Å². The molecule has 1 aliphatic heterocycles. The molecule has 0 radical (unpaired) electrons. The SMILES string of the molecule is Cc1ccc2c(NC[C@](O)(CC(C)(C)c3cc(F)cc4c3OCC4)C(F)(F)F)c(Cl)ccc2n1. The van der Waals surface area contributed by atoms with Gasteiger partial charge in [0, 0.05) is 28.6 Å². The lowest BCUT2D eigenvalue weighted by atomic mass is 9.74. The Morgan fingerprint density at radius 1 is 1.15 bits per heavy atom. The number of benzene rings is 2. The summed E-state index contributed by atoms with van der Waals surface area (Å²) in [6, 6.07) is 9.19. The first-order chi connectivity index (χ1) is 15.8. The number of nitrogens with zero attached hydrogens (tertiary/aromatic N) is 1. The fourth-order valence-electron chi connectivity index (χ4n) is 4.55. The van der Waals surface area contributed by atoms with Gasteiger partial charge in [-0.2, -0.15) is 13.2 Å². The van der Waals surface area contributed by atoms with E-state index in [1.165, 1.54) is 26.0 Å². The molecule has 2 N–H and O–H groups in total. The van der Waals surface area contributed by atoms with E-state index in [2.05, 4.69) is 10.3 Å². The van der Waals surface area contributed by atoms with Crippen LogP contribution < -0.4 is 10.1 Å². The summed E-state index contributed by atoms with van der Waals surface area (Å²) in [6.07, 6.45) is -5.22. The van der Waals surface area contributed by atoms with Gasteiger partial charge < -0.3 is 15.2 Å². The van der Waals surface area contributed by atoms with Crippen LogP contribution >= 0.6 is 11.6 Å². The highest BCUT2D eigenvalue weighted by molar-refractivity contribution is 6.34. The van der Waals surface area contributed by atoms with Crippen molar-refractivity contribution < 1.29 is 27.4 Å². The summed E-state index contributed by atoms with van der Waals surface area (Å²) in [4.78, 5) is 4.38. The highest BCUT2D eigenvalue weighted by Crippen LogP contribution is 2.46. The maximum absolute atomic E-state index is 14.2. The average Bonchev–Trinajstić information content (AvgIpc) is 3.19. The molecule has 3 aromatic rings. The molecule has 1 aromatic heterocycles. The molecule has 2 heterocycles. The Labute approximate surface area is 199 Å². The summed E-state index contributed by atoms with van der Waals surface area (Å²) in [5.41, 5.74) is -1.93. The molecule has 0 aliphatic carbocycles. The zero-order valence-corrected chi connectivity index (χ0v) is 19.7. The zero-order chi connectivity index (χ0) is 24.9. The molecular formula is C25H25ClF4N2O2. The first-order valence-electron chi connectivity index (χ1n) is 10.9. The van der Waals surface area contributed by atoms with Gasteiger partial charge in [-0.1, -0.05) is 25.4 Å². The van der Waals surface area contributed by atoms with Gasteiger partial charge in [-0.25, -0.2) is 4.39 Å². The van der Waals surface area contributed by atoms with Gasteiger partial charge in [-0.05, 0) is 55.2 Å². The van der Waals surface area contributed by atoms with Crippen LogP contribution in [0.2, 0.25) is 5.02 Å². The van der Waals surface area contributed by atoms with E-state index in [0.29, 0.717) is 40.8 Å². The number of hydrogen-bond acceptors (Lipinski definition) is 4. The Hall–Kier alpha value is -2.58. The van der Waals surface area contributed by atoms with Crippen molar-refractivity contribution in [2.75, 3.05) is 18.5 Å².